The Morgan fingerprint density at radius 2 is 0.873 bits per heavy atom. The summed E-state index contributed by atoms with van der Waals surface area (Å²) in [4.78, 5) is 23.0. The van der Waals surface area contributed by atoms with Crippen molar-refractivity contribution in [2.75, 3.05) is 54.1 Å². The van der Waals surface area contributed by atoms with Crippen LogP contribution in [0.5, 0.6) is 0 Å². The molecule has 356 valence electrons. The quantitative estimate of drug-likeness (QED) is 0.0215. The SMILES string of the molecule is CC/C=C\C/C=C\C/C=C\C/C=C\C/C=C\C/C=C\CCCCCCC(=O)OC(COCCCC/C=C\C/C=C\C/C=C\C/C=C\C/C=C\CC)COP(=O)(O)OCC[N+](C)(C)C. The second kappa shape index (κ2) is 45.2. The molecule has 0 radical (unpaired) electrons. The maximum absolute atomic E-state index is 12.7. The molecule has 0 heterocycles. The van der Waals surface area contributed by atoms with Gasteiger partial charge in [-0.05, 0) is 109 Å². The minimum absolute atomic E-state index is 0.0657. The number of nitrogens with zero attached hydrogens (tertiary/aromatic N) is 1. The molecule has 0 saturated heterocycles. The number of hydrogen-bond donors (Lipinski definition) is 1. The van der Waals surface area contributed by atoms with Gasteiger partial charge in [0.05, 0.1) is 34.4 Å². The first-order valence-electron chi connectivity index (χ1n) is 23.9. The van der Waals surface area contributed by atoms with Crippen molar-refractivity contribution in [3.05, 3.63) is 134 Å². The summed E-state index contributed by atoms with van der Waals surface area (Å²) < 4.78 is 35.0. The first-order valence-corrected chi connectivity index (χ1v) is 25.4. The van der Waals surface area contributed by atoms with Gasteiger partial charge in [-0.2, -0.15) is 0 Å². The number of phosphoric ester groups is 1. The molecule has 8 nitrogen and oxygen atoms in total. The number of hydrogen-bond acceptors (Lipinski definition) is 6. The van der Waals surface area contributed by atoms with E-state index in [1.54, 1.807) is 0 Å². The largest absolute Gasteiger partial charge is 0.472 e. The monoisotopic (exact) mass is 895 g/mol. The topological polar surface area (TPSA) is 91.3 Å². The second-order valence-corrected chi connectivity index (χ2v) is 17.8. The van der Waals surface area contributed by atoms with Gasteiger partial charge in [-0.25, -0.2) is 4.57 Å². The van der Waals surface area contributed by atoms with Crippen molar-refractivity contribution < 1.29 is 37.3 Å². The Morgan fingerprint density at radius 1 is 0.492 bits per heavy atom. The molecule has 63 heavy (non-hydrogen) atoms. The Hall–Kier alpha value is -3.36. The number of esters is 1. The van der Waals surface area contributed by atoms with Gasteiger partial charge in [0.25, 0.3) is 0 Å². The van der Waals surface area contributed by atoms with Crippen LogP contribution in [0.15, 0.2) is 134 Å². The van der Waals surface area contributed by atoms with Gasteiger partial charge in [0, 0.05) is 13.0 Å². The van der Waals surface area contributed by atoms with Crippen LogP contribution in [0.3, 0.4) is 0 Å². The minimum atomic E-state index is -4.31. The van der Waals surface area contributed by atoms with E-state index >= 15 is 0 Å². The van der Waals surface area contributed by atoms with Crippen LogP contribution in [0.4, 0.5) is 0 Å². The molecule has 9 heteroatoms. The van der Waals surface area contributed by atoms with Crippen molar-refractivity contribution in [2.24, 2.45) is 0 Å². The maximum atomic E-state index is 12.7. The van der Waals surface area contributed by atoms with Crippen molar-refractivity contribution in [3.8, 4) is 0 Å². The molecule has 0 fully saturated rings. The Balaban J connectivity index is 4.37. The predicted molar refractivity (Wildman–Crippen MR) is 270 cm³/mol. The van der Waals surface area contributed by atoms with E-state index < -0.39 is 13.9 Å². The van der Waals surface area contributed by atoms with Crippen LogP contribution in [0.2, 0.25) is 0 Å². The molecule has 0 saturated carbocycles. The Bertz CT molecular complexity index is 1460. The number of allylic oxidation sites excluding steroid dienone is 22. The van der Waals surface area contributed by atoms with Gasteiger partial charge in [-0.3, -0.25) is 13.8 Å². The number of likely N-dealkylation sites (N-methyl/N-ethyl adjacent to an activating group) is 1. The number of carbonyl (C=O) groups is 1. The molecule has 0 aliphatic heterocycles. The third-order valence-electron chi connectivity index (χ3n) is 9.21. The average molecular weight is 895 g/mol. The molecule has 2 atom stereocenters. The van der Waals surface area contributed by atoms with E-state index in [1.807, 2.05) is 21.1 Å². The van der Waals surface area contributed by atoms with E-state index in [-0.39, 0.29) is 32.2 Å². The van der Waals surface area contributed by atoms with Gasteiger partial charge in [-0.15, -0.1) is 0 Å². The number of rotatable bonds is 42. The van der Waals surface area contributed by atoms with Crippen molar-refractivity contribution in [1.82, 2.24) is 0 Å². The zero-order valence-corrected chi connectivity index (χ0v) is 41.1. The van der Waals surface area contributed by atoms with Gasteiger partial charge in [0.2, 0.25) is 0 Å². The fourth-order valence-electron chi connectivity index (χ4n) is 5.58. The summed E-state index contributed by atoms with van der Waals surface area (Å²) in [6.45, 7) is 5.20. The summed E-state index contributed by atoms with van der Waals surface area (Å²) in [5.41, 5.74) is 0. The third kappa shape index (κ3) is 49.5. The van der Waals surface area contributed by atoms with Crippen LogP contribution >= 0.6 is 7.82 Å². The molecule has 0 aliphatic rings. The molecule has 0 aromatic heterocycles. The molecule has 0 spiro atoms. The number of quaternary nitrogens is 1. The smallest absolute Gasteiger partial charge is 0.457 e. The molecular weight excluding hydrogens is 806 g/mol. The Kier molecular flexibility index (Phi) is 42.8. The number of carbonyl (C=O) groups excluding carboxylic acids is 1. The molecule has 1 N–H and O–H groups in total. The summed E-state index contributed by atoms with van der Waals surface area (Å²) in [6, 6.07) is 0. The Morgan fingerprint density at radius 3 is 1.29 bits per heavy atom. The summed E-state index contributed by atoms with van der Waals surface area (Å²) in [7, 11) is 1.59. The number of ether oxygens (including phenoxy) is 2. The highest BCUT2D eigenvalue weighted by Gasteiger charge is 2.26. The first kappa shape index (κ1) is 59.6. The standard InChI is InChI=1S/C54H88NO7P/c1-6-8-10-12-14-16-18-20-22-24-26-27-28-29-30-31-33-35-37-39-41-43-45-47-54(56)62-53(52-61-63(57,58)60-50-48-55(3,4)5)51-59-49-46-44-42-40-38-36-34-32-25-23-21-19-17-15-13-11-9-7-2/h8-11,14-17,20-23,26-27,29-30,32-35,38,40,53H,6-7,12-13,18-19,24-25,28,31,36-37,39,41-52H2,1-5H3/p+1/b10-8-,11-9-,16-14-,17-15-,22-20-,23-21-,27-26-,30-29-,34-32-,35-33-,40-38-. The van der Waals surface area contributed by atoms with Gasteiger partial charge in [0.15, 0.2) is 0 Å². The zero-order valence-electron chi connectivity index (χ0n) is 40.2. The lowest BCUT2D eigenvalue weighted by Gasteiger charge is -2.24. The van der Waals surface area contributed by atoms with Crippen molar-refractivity contribution >= 4 is 13.8 Å². The lowest BCUT2D eigenvalue weighted by atomic mass is 10.1. The van der Waals surface area contributed by atoms with Crippen LogP contribution in [0, 0.1) is 0 Å². The second-order valence-electron chi connectivity index (χ2n) is 16.4. The molecule has 0 amide bonds. The minimum Gasteiger partial charge on any atom is -0.457 e. The Labute approximate surface area is 385 Å². The van der Waals surface area contributed by atoms with E-state index in [9.17, 15) is 14.3 Å². The van der Waals surface area contributed by atoms with Crippen molar-refractivity contribution in [1.29, 1.82) is 0 Å². The molecule has 0 bridgehead atoms. The molecule has 0 aliphatic carbocycles. The fraction of sp³-hybridized carbons (Fsp3) is 0.574. The number of phosphoric acid groups is 1. The van der Waals surface area contributed by atoms with E-state index in [2.05, 4.69) is 148 Å². The van der Waals surface area contributed by atoms with Gasteiger partial charge >= 0.3 is 13.8 Å². The van der Waals surface area contributed by atoms with E-state index in [1.165, 1.54) is 0 Å². The zero-order chi connectivity index (χ0) is 46.2. The summed E-state index contributed by atoms with van der Waals surface area (Å²) >= 11 is 0. The van der Waals surface area contributed by atoms with Gasteiger partial charge < -0.3 is 18.9 Å². The molecule has 0 aromatic rings. The molecule has 0 rings (SSSR count). The van der Waals surface area contributed by atoms with Gasteiger partial charge in [-0.1, -0.05) is 160 Å². The van der Waals surface area contributed by atoms with Crippen LogP contribution in [0.25, 0.3) is 0 Å². The van der Waals surface area contributed by atoms with Crippen molar-refractivity contribution in [2.45, 2.75) is 148 Å². The average Bonchev–Trinajstić information content (AvgIpc) is 3.24. The first-order chi connectivity index (χ1) is 30.6. The summed E-state index contributed by atoms with van der Waals surface area (Å²) in [5.74, 6) is -0.360. The highest BCUT2D eigenvalue weighted by atomic mass is 31.2. The predicted octanol–water partition coefficient (Wildman–Crippen LogP) is 14.7. The van der Waals surface area contributed by atoms with Crippen LogP contribution in [-0.4, -0.2) is 75.6 Å². The maximum Gasteiger partial charge on any atom is 0.472 e. The van der Waals surface area contributed by atoms with Crippen LogP contribution in [0.1, 0.15) is 142 Å². The van der Waals surface area contributed by atoms with E-state index in [4.69, 9.17) is 18.5 Å². The molecular formula is C54H89NO7P+. The number of unbranched alkanes of at least 4 members (excludes halogenated alkanes) is 6. The lowest BCUT2D eigenvalue weighted by Crippen LogP contribution is -2.37. The van der Waals surface area contributed by atoms with Crippen molar-refractivity contribution in [3.63, 3.8) is 0 Å². The third-order valence-corrected chi connectivity index (χ3v) is 10.2. The van der Waals surface area contributed by atoms with Crippen LogP contribution in [-0.2, 0) is 27.9 Å². The fourth-order valence-corrected chi connectivity index (χ4v) is 6.32. The molecule has 2 unspecified atom stereocenters. The van der Waals surface area contributed by atoms with Crippen LogP contribution < -0.4 is 0 Å². The normalized spacial score (nSPS) is 14.8. The van der Waals surface area contributed by atoms with Gasteiger partial charge in [0.1, 0.15) is 19.3 Å². The molecule has 0 aromatic carbocycles. The highest BCUT2D eigenvalue weighted by molar-refractivity contribution is 7.47. The lowest BCUT2D eigenvalue weighted by molar-refractivity contribution is -0.870. The summed E-state index contributed by atoms with van der Waals surface area (Å²) in [6.07, 6.45) is 66.4. The van der Waals surface area contributed by atoms with E-state index in [0.717, 1.165) is 122 Å². The summed E-state index contributed by atoms with van der Waals surface area (Å²) in [5, 5.41) is 0. The van der Waals surface area contributed by atoms with E-state index in [0.29, 0.717) is 17.6 Å². The highest BCUT2D eigenvalue weighted by Crippen LogP contribution is 2.43.